The van der Waals surface area contributed by atoms with Gasteiger partial charge in [0.2, 0.25) is 0 Å². The minimum Gasteiger partial charge on any atom is -0.478 e. The maximum Gasteiger partial charge on any atom is 0.336 e. The van der Waals surface area contributed by atoms with Crippen molar-refractivity contribution in [2.24, 2.45) is 0 Å². The van der Waals surface area contributed by atoms with Gasteiger partial charge in [-0.05, 0) is 37.6 Å². The third-order valence-corrected chi connectivity index (χ3v) is 3.15. The van der Waals surface area contributed by atoms with E-state index in [4.69, 9.17) is 5.11 Å². The number of anilines is 1. The number of aromatic nitrogens is 1. The van der Waals surface area contributed by atoms with Crippen molar-refractivity contribution in [1.29, 1.82) is 0 Å². The molecule has 1 aromatic carbocycles. The minimum atomic E-state index is -1.05. The van der Waals surface area contributed by atoms with Crippen LogP contribution in [0, 0.1) is 6.92 Å². The van der Waals surface area contributed by atoms with Crippen LogP contribution in [0.3, 0.4) is 0 Å². The van der Waals surface area contributed by atoms with Gasteiger partial charge in [0.1, 0.15) is 5.69 Å². The molecule has 0 unspecified atom stereocenters. The lowest BCUT2D eigenvalue weighted by molar-refractivity contribution is 0.0695. The molecule has 2 rings (SSSR count). The van der Waals surface area contributed by atoms with Gasteiger partial charge in [-0.1, -0.05) is 6.07 Å². The molecule has 0 spiro atoms. The van der Waals surface area contributed by atoms with Gasteiger partial charge in [0.05, 0.1) is 5.56 Å². The molecular weight excluding hydrogens is 272 g/mol. The molecule has 21 heavy (non-hydrogen) atoms. The molecule has 0 aliphatic carbocycles. The first-order valence-electron chi connectivity index (χ1n) is 6.23. The van der Waals surface area contributed by atoms with E-state index in [2.05, 4.69) is 10.3 Å². The second kappa shape index (κ2) is 5.62. The van der Waals surface area contributed by atoms with Gasteiger partial charge in [-0.2, -0.15) is 0 Å². The van der Waals surface area contributed by atoms with Crippen molar-refractivity contribution in [3.8, 4) is 0 Å². The topological polar surface area (TPSA) is 99.3 Å². The molecule has 1 amide bonds. The predicted octanol–water partition coefficient (Wildman–Crippen LogP) is 2.48. The van der Waals surface area contributed by atoms with E-state index in [0.717, 1.165) is 0 Å². The van der Waals surface area contributed by atoms with Crippen molar-refractivity contribution in [3.05, 3.63) is 52.8 Å². The first-order valence-corrected chi connectivity index (χ1v) is 6.23. The minimum absolute atomic E-state index is 0.128. The van der Waals surface area contributed by atoms with Crippen molar-refractivity contribution >= 4 is 23.3 Å². The number of H-pyrrole nitrogens is 1. The summed E-state index contributed by atoms with van der Waals surface area (Å²) < 4.78 is 0. The molecule has 0 bridgehead atoms. The smallest absolute Gasteiger partial charge is 0.336 e. The molecular formula is C15H14N2O4. The normalized spacial score (nSPS) is 10.2. The molecule has 0 aliphatic heterocycles. The largest absolute Gasteiger partial charge is 0.478 e. The highest BCUT2D eigenvalue weighted by molar-refractivity contribution is 6.06. The summed E-state index contributed by atoms with van der Waals surface area (Å²) in [6.07, 6.45) is 1.46. The Balaban J connectivity index is 2.25. The number of Topliss-reactive ketones (excluding diaryl/α,β-unsaturated/α-hetero) is 1. The van der Waals surface area contributed by atoms with Crippen LogP contribution in [-0.2, 0) is 0 Å². The molecule has 0 saturated heterocycles. The van der Waals surface area contributed by atoms with Gasteiger partial charge in [-0.15, -0.1) is 0 Å². The van der Waals surface area contributed by atoms with Crippen LogP contribution < -0.4 is 5.32 Å². The van der Waals surface area contributed by atoms with Crippen LogP contribution in [0.4, 0.5) is 5.69 Å². The van der Waals surface area contributed by atoms with Crippen molar-refractivity contribution in [3.63, 3.8) is 0 Å². The van der Waals surface area contributed by atoms with Crippen molar-refractivity contribution in [2.75, 3.05) is 5.32 Å². The Bertz CT molecular complexity index is 731. The Labute approximate surface area is 120 Å². The standard InChI is InChI=1S/C15H14N2O4/c1-8-11(15(20)21)4-3-5-12(8)17-14(19)13-6-10(7-16-13)9(2)18/h3-7,16H,1-2H3,(H,17,19)(H,20,21). The van der Waals surface area contributed by atoms with E-state index in [-0.39, 0.29) is 17.0 Å². The lowest BCUT2D eigenvalue weighted by atomic mass is 10.1. The number of aromatic carboxylic acids is 1. The maximum absolute atomic E-state index is 12.1. The Morgan fingerprint density at radius 1 is 1.24 bits per heavy atom. The Morgan fingerprint density at radius 2 is 1.95 bits per heavy atom. The summed E-state index contributed by atoms with van der Waals surface area (Å²) in [4.78, 5) is 37.0. The zero-order valence-corrected chi connectivity index (χ0v) is 11.6. The Morgan fingerprint density at radius 3 is 2.52 bits per heavy atom. The summed E-state index contributed by atoms with van der Waals surface area (Å²) >= 11 is 0. The molecule has 1 aromatic heterocycles. The van der Waals surface area contributed by atoms with E-state index in [1.807, 2.05) is 0 Å². The average Bonchev–Trinajstić information content (AvgIpc) is 2.90. The molecule has 0 radical (unpaired) electrons. The fraction of sp³-hybridized carbons (Fsp3) is 0.133. The molecule has 108 valence electrons. The second-order valence-corrected chi connectivity index (χ2v) is 4.60. The lowest BCUT2D eigenvalue weighted by Crippen LogP contribution is -2.14. The van der Waals surface area contributed by atoms with E-state index in [9.17, 15) is 14.4 Å². The SMILES string of the molecule is CC(=O)c1c[nH]c(C(=O)Nc2cccc(C(=O)O)c2C)c1. The average molecular weight is 286 g/mol. The lowest BCUT2D eigenvalue weighted by Gasteiger charge is -2.09. The van der Waals surface area contributed by atoms with Gasteiger partial charge < -0.3 is 15.4 Å². The van der Waals surface area contributed by atoms with Crippen LogP contribution >= 0.6 is 0 Å². The monoisotopic (exact) mass is 286 g/mol. The molecule has 0 aliphatic rings. The first-order chi connectivity index (χ1) is 9.90. The number of benzene rings is 1. The van der Waals surface area contributed by atoms with Crippen LogP contribution in [0.25, 0.3) is 0 Å². The second-order valence-electron chi connectivity index (χ2n) is 4.60. The summed E-state index contributed by atoms with van der Waals surface area (Å²) in [7, 11) is 0. The van der Waals surface area contributed by atoms with E-state index in [1.54, 1.807) is 19.1 Å². The number of ketones is 1. The highest BCUT2D eigenvalue weighted by atomic mass is 16.4. The van der Waals surface area contributed by atoms with Gasteiger partial charge in [0.25, 0.3) is 5.91 Å². The maximum atomic E-state index is 12.1. The van der Waals surface area contributed by atoms with E-state index >= 15 is 0 Å². The van der Waals surface area contributed by atoms with Crippen LogP contribution in [0.1, 0.15) is 43.7 Å². The third kappa shape index (κ3) is 3.00. The van der Waals surface area contributed by atoms with Gasteiger partial charge in [0, 0.05) is 17.4 Å². The number of nitrogens with one attached hydrogen (secondary N) is 2. The fourth-order valence-electron chi connectivity index (χ4n) is 1.92. The summed E-state index contributed by atoms with van der Waals surface area (Å²) in [5.41, 5.74) is 1.66. The van der Waals surface area contributed by atoms with Crippen LogP contribution in [-0.4, -0.2) is 27.8 Å². The molecule has 6 heteroatoms. The summed E-state index contributed by atoms with van der Waals surface area (Å²) in [5, 5.41) is 11.7. The number of carboxylic acid groups (broad SMARTS) is 1. The van der Waals surface area contributed by atoms with E-state index < -0.39 is 11.9 Å². The summed E-state index contributed by atoms with van der Waals surface area (Å²) in [5.74, 6) is -1.63. The zero-order valence-electron chi connectivity index (χ0n) is 11.6. The molecule has 0 fully saturated rings. The van der Waals surface area contributed by atoms with Crippen LogP contribution in [0.2, 0.25) is 0 Å². The predicted molar refractivity (Wildman–Crippen MR) is 76.9 cm³/mol. The van der Waals surface area contributed by atoms with Gasteiger partial charge in [-0.25, -0.2) is 4.79 Å². The third-order valence-electron chi connectivity index (χ3n) is 3.15. The number of aromatic amines is 1. The number of amides is 1. The van der Waals surface area contributed by atoms with Gasteiger partial charge in [0.15, 0.2) is 5.78 Å². The van der Waals surface area contributed by atoms with Crippen LogP contribution in [0.5, 0.6) is 0 Å². The fourth-order valence-corrected chi connectivity index (χ4v) is 1.92. The highest BCUT2D eigenvalue weighted by Crippen LogP contribution is 2.19. The summed E-state index contributed by atoms with van der Waals surface area (Å²) in [6, 6.07) is 6.10. The number of carbonyl (C=O) groups is 3. The number of carboxylic acids is 1. The summed E-state index contributed by atoms with van der Waals surface area (Å²) in [6.45, 7) is 3.03. The quantitative estimate of drug-likeness (QED) is 0.752. The number of rotatable bonds is 4. The number of hydrogen-bond donors (Lipinski definition) is 3. The molecule has 0 saturated carbocycles. The Hall–Kier alpha value is -2.89. The van der Waals surface area contributed by atoms with E-state index in [0.29, 0.717) is 16.8 Å². The molecule has 0 atom stereocenters. The Kier molecular flexibility index (Phi) is 3.89. The zero-order chi connectivity index (χ0) is 15.6. The van der Waals surface area contributed by atoms with E-state index in [1.165, 1.54) is 25.3 Å². The number of carbonyl (C=O) groups excluding carboxylic acids is 2. The van der Waals surface area contributed by atoms with Crippen molar-refractivity contribution in [1.82, 2.24) is 4.98 Å². The van der Waals surface area contributed by atoms with Crippen LogP contribution in [0.15, 0.2) is 30.5 Å². The first kappa shape index (κ1) is 14.5. The molecule has 1 heterocycles. The molecule has 2 aromatic rings. The molecule has 3 N–H and O–H groups in total. The van der Waals surface area contributed by atoms with Crippen molar-refractivity contribution < 1.29 is 19.5 Å². The molecule has 6 nitrogen and oxygen atoms in total. The van der Waals surface area contributed by atoms with Gasteiger partial charge >= 0.3 is 5.97 Å². The number of hydrogen-bond acceptors (Lipinski definition) is 3. The van der Waals surface area contributed by atoms with Gasteiger partial charge in [-0.3, -0.25) is 9.59 Å². The van der Waals surface area contributed by atoms with Crippen molar-refractivity contribution in [2.45, 2.75) is 13.8 Å². The highest BCUT2D eigenvalue weighted by Gasteiger charge is 2.14.